The van der Waals surface area contributed by atoms with Crippen LogP contribution in [-0.2, 0) is 23.7 Å². The van der Waals surface area contributed by atoms with E-state index in [9.17, 15) is 45.6 Å². The van der Waals surface area contributed by atoms with E-state index < -0.39 is 86.8 Å². The predicted octanol–water partition coefficient (Wildman–Crippen LogP) is 8.11. The Morgan fingerprint density at radius 1 is 0.515 bits per heavy atom. The molecule has 0 aromatic heterocycles. The van der Waals surface area contributed by atoms with Crippen LogP contribution in [0.15, 0.2) is 24.3 Å². The second kappa shape index (κ2) is 41.0. The first-order chi connectivity index (χ1) is 33.1. The van der Waals surface area contributed by atoms with Gasteiger partial charge in [-0.25, -0.2) is 0 Å². The van der Waals surface area contributed by atoms with Crippen molar-refractivity contribution < 1.29 is 64.6 Å². The van der Waals surface area contributed by atoms with Gasteiger partial charge in [-0.2, -0.15) is 0 Å². The summed E-state index contributed by atoms with van der Waals surface area (Å²) in [4.78, 5) is 13.2. The third-order valence-corrected chi connectivity index (χ3v) is 13.6. The molecule has 400 valence electrons. The first-order valence-corrected chi connectivity index (χ1v) is 27.6. The summed E-state index contributed by atoms with van der Waals surface area (Å²) in [5, 5.41) is 86.9. The van der Waals surface area contributed by atoms with Crippen molar-refractivity contribution in [1.82, 2.24) is 5.32 Å². The number of rotatable bonds is 43. The van der Waals surface area contributed by atoms with Gasteiger partial charge in [0, 0.05) is 6.42 Å². The predicted molar refractivity (Wildman–Crippen MR) is 268 cm³/mol. The number of hydrogen-bond donors (Lipinski definition) is 9. The van der Waals surface area contributed by atoms with Gasteiger partial charge in [-0.05, 0) is 44.9 Å². The minimum absolute atomic E-state index is 0.248. The molecule has 0 aromatic rings. The summed E-state index contributed by atoms with van der Waals surface area (Å²) in [6.07, 6.45) is 29.3. The average molecular weight is 972 g/mol. The SMILES string of the molecule is CCCCCC/C=C\CCCCCCCC(=O)NC(COC1OC(CO)C(OC2OC(CO)C(O)C(O)C2O)C(O)C1O)C(O)/C=C/CCCCCCCCCCCCCCCCCCCCC. The molecule has 68 heavy (non-hydrogen) atoms. The third-order valence-electron chi connectivity index (χ3n) is 13.6. The zero-order valence-corrected chi connectivity index (χ0v) is 42.6. The lowest BCUT2D eigenvalue weighted by molar-refractivity contribution is -0.359. The van der Waals surface area contributed by atoms with Crippen molar-refractivity contribution >= 4 is 5.91 Å². The lowest BCUT2D eigenvalue weighted by Gasteiger charge is -2.46. The summed E-state index contributed by atoms with van der Waals surface area (Å²) in [5.41, 5.74) is 0. The van der Waals surface area contributed by atoms with Crippen molar-refractivity contribution in [3.05, 3.63) is 24.3 Å². The summed E-state index contributed by atoms with van der Waals surface area (Å²) in [5.74, 6) is -0.248. The highest BCUT2D eigenvalue weighted by atomic mass is 16.7. The maximum absolute atomic E-state index is 13.2. The molecular formula is C54H101NO13. The quantitative estimate of drug-likeness (QED) is 0.0208. The zero-order chi connectivity index (χ0) is 49.6. The Hall–Kier alpha value is -1.53. The molecule has 12 atom stereocenters. The molecule has 2 fully saturated rings. The highest BCUT2D eigenvalue weighted by molar-refractivity contribution is 5.76. The molecule has 0 saturated carbocycles. The lowest BCUT2D eigenvalue weighted by atomic mass is 9.97. The van der Waals surface area contributed by atoms with E-state index in [2.05, 4.69) is 31.3 Å². The molecule has 9 N–H and O–H groups in total. The largest absolute Gasteiger partial charge is 0.394 e. The van der Waals surface area contributed by atoms with Gasteiger partial charge in [-0.15, -0.1) is 0 Å². The summed E-state index contributed by atoms with van der Waals surface area (Å²) in [6, 6.07) is -0.916. The van der Waals surface area contributed by atoms with Gasteiger partial charge in [0.25, 0.3) is 0 Å². The first-order valence-electron chi connectivity index (χ1n) is 27.6. The van der Waals surface area contributed by atoms with Crippen LogP contribution in [0.1, 0.15) is 219 Å². The number of carbonyl (C=O) groups is 1. The highest BCUT2D eigenvalue weighted by Gasteiger charge is 2.51. The minimum atomic E-state index is -1.79. The van der Waals surface area contributed by atoms with E-state index in [0.29, 0.717) is 6.42 Å². The van der Waals surface area contributed by atoms with Gasteiger partial charge in [-0.1, -0.05) is 192 Å². The summed E-state index contributed by atoms with van der Waals surface area (Å²) < 4.78 is 22.7. The minimum Gasteiger partial charge on any atom is -0.394 e. The molecule has 0 spiro atoms. The van der Waals surface area contributed by atoms with Gasteiger partial charge in [0.05, 0.1) is 32.0 Å². The Bertz CT molecular complexity index is 1240. The maximum Gasteiger partial charge on any atom is 0.220 e. The van der Waals surface area contributed by atoms with Crippen LogP contribution < -0.4 is 5.32 Å². The number of carbonyl (C=O) groups excluding carboxylic acids is 1. The topological polar surface area (TPSA) is 228 Å². The second-order valence-electron chi connectivity index (χ2n) is 19.7. The fourth-order valence-electron chi connectivity index (χ4n) is 9.11. The molecule has 14 heteroatoms. The number of nitrogens with one attached hydrogen (secondary N) is 1. The van der Waals surface area contributed by atoms with Crippen molar-refractivity contribution in [2.45, 2.75) is 293 Å². The van der Waals surface area contributed by atoms with E-state index in [-0.39, 0.29) is 18.9 Å². The molecule has 0 bridgehead atoms. The molecule has 14 nitrogen and oxygen atoms in total. The molecule has 2 aliphatic heterocycles. The van der Waals surface area contributed by atoms with Crippen LogP contribution in [0.5, 0.6) is 0 Å². The normalized spacial score (nSPS) is 26.5. The Morgan fingerprint density at radius 3 is 1.41 bits per heavy atom. The zero-order valence-electron chi connectivity index (χ0n) is 42.6. The number of unbranched alkanes of at least 4 members (excludes halogenated alkanes) is 28. The van der Waals surface area contributed by atoms with Gasteiger partial charge in [-0.3, -0.25) is 4.79 Å². The molecule has 0 radical (unpaired) electrons. The van der Waals surface area contributed by atoms with Crippen LogP contribution >= 0.6 is 0 Å². The van der Waals surface area contributed by atoms with Gasteiger partial charge in [0.15, 0.2) is 12.6 Å². The summed E-state index contributed by atoms with van der Waals surface area (Å²) >= 11 is 0. The van der Waals surface area contributed by atoms with Gasteiger partial charge in [0.1, 0.15) is 48.8 Å². The number of hydrogen-bond acceptors (Lipinski definition) is 13. The van der Waals surface area contributed by atoms with E-state index in [1.807, 2.05) is 6.08 Å². The molecule has 2 rings (SSSR count). The van der Waals surface area contributed by atoms with Crippen molar-refractivity contribution in [2.75, 3.05) is 19.8 Å². The Labute approximate surface area is 411 Å². The molecule has 12 unspecified atom stereocenters. The monoisotopic (exact) mass is 972 g/mol. The van der Waals surface area contributed by atoms with E-state index in [1.54, 1.807) is 6.08 Å². The average Bonchev–Trinajstić information content (AvgIpc) is 3.34. The van der Waals surface area contributed by atoms with E-state index in [4.69, 9.17) is 18.9 Å². The van der Waals surface area contributed by atoms with Crippen LogP contribution in [0, 0.1) is 0 Å². The molecule has 2 heterocycles. The fourth-order valence-corrected chi connectivity index (χ4v) is 9.11. The Kier molecular flexibility index (Phi) is 37.7. The number of aliphatic hydroxyl groups excluding tert-OH is 8. The van der Waals surface area contributed by atoms with Crippen LogP contribution in [0.25, 0.3) is 0 Å². The van der Waals surface area contributed by atoms with E-state index >= 15 is 0 Å². The second-order valence-corrected chi connectivity index (χ2v) is 19.7. The van der Waals surface area contributed by atoms with Gasteiger partial charge >= 0.3 is 0 Å². The summed E-state index contributed by atoms with van der Waals surface area (Å²) in [7, 11) is 0. The molecule has 2 aliphatic rings. The molecule has 1 amide bonds. The van der Waals surface area contributed by atoms with Crippen molar-refractivity contribution in [3.8, 4) is 0 Å². The number of aliphatic hydroxyl groups is 8. The fraction of sp³-hybridized carbons (Fsp3) is 0.907. The third kappa shape index (κ3) is 27.3. The molecular weight excluding hydrogens is 871 g/mol. The number of allylic oxidation sites excluding steroid dienone is 3. The summed E-state index contributed by atoms with van der Waals surface area (Å²) in [6.45, 7) is 2.78. The van der Waals surface area contributed by atoms with Crippen LogP contribution in [0.4, 0.5) is 0 Å². The number of amides is 1. The van der Waals surface area contributed by atoms with Crippen LogP contribution in [-0.4, -0.2) is 140 Å². The van der Waals surface area contributed by atoms with E-state index in [1.165, 1.54) is 135 Å². The Morgan fingerprint density at radius 2 is 0.926 bits per heavy atom. The van der Waals surface area contributed by atoms with Crippen molar-refractivity contribution in [3.63, 3.8) is 0 Å². The number of ether oxygens (including phenoxy) is 4. The molecule has 0 aliphatic carbocycles. The lowest BCUT2D eigenvalue weighted by Crippen LogP contribution is -2.65. The smallest absolute Gasteiger partial charge is 0.220 e. The van der Waals surface area contributed by atoms with E-state index in [0.717, 1.165) is 57.8 Å². The Balaban J connectivity index is 1.80. The van der Waals surface area contributed by atoms with Crippen LogP contribution in [0.3, 0.4) is 0 Å². The van der Waals surface area contributed by atoms with Crippen molar-refractivity contribution in [2.24, 2.45) is 0 Å². The molecule has 0 aromatic carbocycles. The standard InChI is InChI=1S/C54H101NO13/c1-3-5-7-9-11-13-15-17-18-19-20-21-22-23-24-26-27-29-31-33-35-37-43(58)42(55-46(59)38-36-34-32-30-28-25-16-14-12-10-8-6-4-2)41-65-53-51(64)49(62)52(45(40-57)67-53)68-54-50(63)48(61)47(60)44(39-56)66-54/h14,16,35,37,42-45,47-54,56-58,60-64H,3-13,15,17-34,36,38-41H2,1-2H3,(H,55,59)/b16-14-,37-35+. The van der Waals surface area contributed by atoms with Crippen LogP contribution in [0.2, 0.25) is 0 Å². The molecule has 2 saturated heterocycles. The highest BCUT2D eigenvalue weighted by Crippen LogP contribution is 2.30. The van der Waals surface area contributed by atoms with Gasteiger partial charge in [0.2, 0.25) is 5.91 Å². The van der Waals surface area contributed by atoms with Crippen molar-refractivity contribution in [1.29, 1.82) is 0 Å². The maximum atomic E-state index is 13.2. The van der Waals surface area contributed by atoms with Gasteiger partial charge < -0.3 is 65.1 Å². The first kappa shape index (κ1) is 62.6.